The molecule has 2 rings (SSSR count). The maximum Gasteiger partial charge on any atom is 0.222 e. The van der Waals surface area contributed by atoms with Crippen molar-refractivity contribution in [2.24, 2.45) is 0 Å². The second-order valence-corrected chi connectivity index (χ2v) is 4.69. The number of benzene rings is 1. The molecule has 1 aromatic heterocycles. The second kappa shape index (κ2) is 5.42. The zero-order valence-corrected chi connectivity index (χ0v) is 11.2. The van der Waals surface area contributed by atoms with Crippen LogP contribution in [-0.4, -0.2) is 9.97 Å². The van der Waals surface area contributed by atoms with Crippen molar-refractivity contribution in [3.8, 4) is 0 Å². The van der Waals surface area contributed by atoms with Gasteiger partial charge in [-0.2, -0.15) is 4.98 Å². The molecule has 1 unspecified atom stereocenters. The molecule has 0 bridgehead atoms. The fraction of sp³-hybridized carbons (Fsp3) is 0.167. The molecule has 0 aliphatic rings. The summed E-state index contributed by atoms with van der Waals surface area (Å²) in [6, 6.07) is 7.60. The van der Waals surface area contributed by atoms with Crippen molar-refractivity contribution in [1.82, 2.24) is 9.97 Å². The quantitative estimate of drug-likeness (QED) is 0.904. The molecule has 1 aromatic carbocycles. The summed E-state index contributed by atoms with van der Waals surface area (Å²) in [4.78, 5) is 7.86. The number of hydrogen-bond acceptors (Lipinski definition) is 4. The Morgan fingerprint density at radius 2 is 1.89 bits per heavy atom. The van der Waals surface area contributed by atoms with Crippen molar-refractivity contribution < 1.29 is 0 Å². The number of halogens is 2. The lowest BCUT2D eigenvalue weighted by molar-refractivity contribution is 0.873. The average Bonchev–Trinajstić information content (AvgIpc) is 2.34. The number of hydrogen-bond donors (Lipinski definition) is 2. The van der Waals surface area contributed by atoms with Gasteiger partial charge in [-0.15, -0.1) is 0 Å². The van der Waals surface area contributed by atoms with Crippen molar-refractivity contribution in [2.45, 2.75) is 13.0 Å². The number of nitrogen functional groups attached to an aromatic ring is 1. The van der Waals surface area contributed by atoms with Gasteiger partial charge in [0, 0.05) is 11.1 Å². The van der Waals surface area contributed by atoms with Crippen LogP contribution in [0.5, 0.6) is 0 Å². The van der Waals surface area contributed by atoms with Crippen LogP contribution in [0.3, 0.4) is 0 Å². The molecule has 1 atom stereocenters. The van der Waals surface area contributed by atoms with Gasteiger partial charge < -0.3 is 11.1 Å². The maximum atomic E-state index is 5.99. The molecule has 0 saturated heterocycles. The lowest BCUT2D eigenvalue weighted by Crippen LogP contribution is -2.09. The largest absolute Gasteiger partial charge is 0.368 e. The highest BCUT2D eigenvalue weighted by molar-refractivity contribution is 6.32. The van der Waals surface area contributed by atoms with Crippen LogP contribution in [0, 0.1) is 0 Å². The van der Waals surface area contributed by atoms with E-state index in [0.717, 1.165) is 5.56 Å². The molecule has 0 aliphatic heterocycles. The van der Waals surface area contributed by atoms with E-state index in [1.54, 1.807) is 0 Å². The number of nitrogens with two attached hydrogens (primary N) is 1. The summed E-state index contributed by atoms with van der Waals surface area (Å²) in [6.07, 6.45) is 1.47. The number of anilines is 2. The number of aromatic nitrogens is 2. The van der Waals surface area contributed by atoms with Crippen LogP contribution >= 0.6 is 23.2 Å². The Morgan fingerprint density at radius 3 is 2.56 bits per heavy atom. The zero-order valence-electron chi connectivity index (χ0n) is 9.69. The molecular formula is C12H12Cl2N4. The Balaban J connectivity index is 2.18. The van der Waals surface area contributed by atoms with Crippen LogP contribution in [0.4, 0.5) is 11.8 Å². The fourth-order valence-electron chi connectivity index (χ4n) is 1.52. The van der Waals surface area contributed by atoms with E-state index in [1.807, 2.05) is 31.2 Å². The lowest BCUT2D eigenvalue weighted by atomic mass is 10.1. The predicted molar refractivity (Wildman–Crippen MR) is 74.9 cm³/mol. The van der Waals surface area contributed by atoms with Gasteiger partial charge in [0.1, 0.15) is 5.02 Å². The summed E-state index contributed by atoms with van der Waals surface area (Å²) in [6.45, 7) is 2.00. The third-order valence-corrected chi connectivity index (χ3v) is 3.01. The molecule has 0 spiro atoms. The molecule has 3 N–H and O–H groups in total. The van der Waals surface area contributed by atoms with Crippen LogP contribution in [0.2, 0.25) is 10.0 Å². The van der Waals surface area contributed by atoms with Crippen molar-refractivity contribution >= 4 is 35.0 Å². The van der Waals surface area contributed by atoms with Crippen molar-refractivity contribution in [2.75, 3.05) is 11.1 Å². The van der Waals surface area contributed by atoms with E-state index < -0.39 is 0 Å². The van der Waals surface area contributed by atoms with Crippen LogP contribution in [0.25, 0.3) is 0 Å². The molecule has 6 heteroatoms. The molecular weight excluding hydrogens is 271 g/mol. The summed E-state index contributed by atoms with van der Waals surface area (Å²) in [5.41, 5.74) is 6.60. The Kier molecular flexibility index (Phi) is 3.89. The molecule has 0 saturated carbocycles. The zero-order chi connectivity index (χ0) is 13.1. The second-order valence-electron chi connectivity index (χ2n) is 3.84. The highest BCUT2D eigenvalue weighted by Crippen LogP contribution is 2.24. The first-order chi connectivity index (χ1) is 8.56. The van der Waals surface area contributed by atoms with Gasteiger partial charge >= 0.3 is 0 Å². The average molecular weight is 283 g/mol. The minimum Gasteiger partial charge on any atom is -0.368 e. The van der Waals surface area contributed by atoms with E-state index in [4.69, 9.17) is 28.9 Å². The number of nitrogens with zero attached hydrogens (tertiary/aromatic N) is 2. The van der Waals surface area contributed by atoms with E-state index in [2.05, 4.69) is 15.3 Å². The van der Waals surface area contributed by atoms with Gasteiger partial charge in [0.15, 0.2) is 5.82 Å². The monoisotopic (exact) mass is 282 g/mol. The Hall–Kier alpha value is -1.52. The Bertz CT molecular complexity index is 542. The topological polar surface area (TPSA) is 63.8 Å². The number of rotatable bonds is 3. The summed E-state index contributed by atoms with van der Waals surface area (Å²) < 4.78 is 0. The summed E-state index contributed by atoms with van der Waals surface area (Å²) in [5, 5.41) is 4.32. The predicted octanol–water partition coefficient (Wildman–Crippen LogP) is 3.54. The highest BCUT2D eigenvalue weighted by Gasteiger charge is 2.09. The molecule has 0 aliphatic carbocycles. The normalized spacial score (nSPS) is 12.2. The van der Waals surface area contributed by atoms with Gasteiger partial charge in [0.2, 0.25) is 5.95 Å². The summed E-state index contributed by atoms with van der Waals surface area (Å²) in [5.74, 6) is 0.705. The lowest BCUT2D eigenvalue weighted by Gasteiger charge is -2.15. The first kappa shape index (κ1) is 12.9. The molecule has 4 nitrogen and oxygen atoms in total. The first-order valence-corrected chi connectivity index (χ1v) is 6.12. The number of nitrogens with one attached hydrogen (secondary N) is 1. The van der Waals surface area contributed by atoms with Gasteiger partial charge in [-0.05, 0) is 24.6 Å². The smallest absolute Gasteiger partial charge is 0.222 e. The molecule has 0 fully saturated rings. The molecule has 18 heavy (non-hydrogen) atoms. The molecule has 2 aromatic rings. The highest BCUT2D eigenvalue weighted by atomic mass is 35.5. The Morgan fingerprint density at radius 1 is 1.22 bits per heavy atom. The Labute approximate surface area is 115 Å². The van der Waals surface area contributed by atoms with Crippen molar-refractivity contribution in [3.63, 3.8) is 0 Å². The van der Waals surface area contributed by atoms with E-state index in [-0.39, 0.29) is 12.0 Å². The summed E-state index contributed by atoms with van der Waals surface area (Å²) in [7, 11) is 0. The maximum absolute atomic E-state index is 5.99. The van der Waals surface area contributed by atoms with Crippen molar-refractivity contribution in [1.29, 1.82) is 0 Å². The first-order valence-electron chi connectivity index (χ1n) is 5.36. The minimum atomic E-state index is 0.0362. The molecule has 0 radical (unpaired) electrons. The van der Waals surface area contributed by atoms with Gasteiger partial charge in [-0.1, -0.05) is 35.3 Å². The van der Waals surface area contributed by atoms with Gasteiger partial charge in [0.25, 0.3) is 0 Å². The minimum absolute atomic E-state index is 0.0362. The SMILES string of the molecule is CC(Nc1nc(N)ncc1Cl)c1ccc(Cl)cc1. The van der Waals surface area contributed by atoms with Crippen LogP contribution < -0.4 is 11.1 Å². The van der Waals surface area contributed by atoms with Gasteiger partial charge in [-0.3, -0.25) is 0 Å². The third kappa shape index (κ3) is 3.03. The standard InChI is InChI=1S/C12H12Cl2N4/c1-7(8-2-4-9(13)5-3-8)17-11-10(14)6-16-12(15)18-11/h2-7H,1H3,(H3,15,16,17,18). The van der Waals surface area contributed by atoms with Crippen LogP contribution in [0.15, 0.2) is 30.5 Å². The molecule has 1 heterocycles. The van der Waals surface area contributed by atoms with E-state index >= 15 is 0 Å². The molecule has 0 amide bonds. The van der Waals surface area contributed by atoms with Crippen LogP contribution in [-0.2, 0) is 0 Å². The van der Waals surface area contributed by atoms with Crippen LogP contribution in [0.1, 0.15) is 18.5 Å². The van der Waals surface area contributed by atoms with Gasteiger partial charge in [-0.25, -0.2) is 4.98 Å². The van der Waals surface area contributed by atoms with Gasteiger partial charge in [0.05, 0.1) is 6.20 Å². The third-order valence-electron chi connectivity index (χ3n) is 2.49. The summed E-state index contributed by atoms with van der Waals surface area (Å²) >= 11 is 11.8. The van der Waals surface area contributed by atoms with E-state index in [1.165, 1.54) is 6.20 Å². The molecule has 94 valence electrons. The fourth-order valence-corrected chi connectivity index (χ4v) is 1.79. The van der Waals surface area contributed by atoms with E-state index in [0.29, 0.717) is 15.9 Å². The van der Waals surface area contributed by atoms with E-state index in [9.17, 15) is 0 Å². The van der Waals surface area contributed by atoms with Crippen molar-refractivity contribution in [3.05, 3.63) is 46.1 Å².